The number of rotatable bonds is 2. The number of amides is 2. The predicted molar refractivity (Wildman–Crippen MR) is 77.4 cm³/mol. The maximum absolute atomic E-state index is 12.7. The van der Waals surface area contributed by atoms with Gasteiger partial charge < -0.3 is 14.5 Å². The second-order valence-corrected chi connectivity index (χ2v) is 7.56. The summed E-state index contributed by atoms with van der Waals surface area (Å²) in [5, 5.41) is 0. The van der Waals surface area contributed by atoms with Crippen LogP contribution >= 0.6 is 11.8 Å². The number of fused-ring (bicyclic) bond motifs is 1. The summed E-state index contributed by atoms with van der Waals surface area (Å²) in [6, 6.07) is -0.369. The molecule has 116 valence electrons. The van der Waals surface area contributed by atoms with Gasteiger partial charge in [0, 0.05) is 25.3 Å². The maximum atomic E-state index is 12.7. The van der Waals surface area contributed by atoms with Crippen LogP contribution in [0.15, 0.2) is 0 Å². The second-order valence-electron chi connectivity index (χ2n) is 6.06. The van der Waals surface area contributed by atoms with Gasteiger partial charge >= 0.3 is 5.97 Å². The highest BCUT2D eigenvalue weighted by Gasteiger charge is 2.54. The zero-order valence-electron chi connectivity index (χ0n) is 12.3. The van der Waals surface area contributed by atoms with Crippen LogP contribution in [0.3, 0.4) is 0 Å². The van der Waals surface area contributed by atoms with E-state index in [1.54, 1.807) is 21.6 Å². The lowest BCUT2D eigenvalue weighted by Gasteiger charge is -2.31. The molecule has 3 aliphatic heterocycles. The number of hydrogen-bond donors (Lipinski definition) is 0. The van der Waals surface area contributed by atoms with E-state index in [2.05, 4.69) is 0 Å². The monoisotopic (exact) mass is 312 g/mol. The lowest BCUT2D eigenvalue weighted by Crippen LogP contribution is -2.51. The molecule has 3 saturated heterocycles. The lowest BCUT2D eigenvalue weighted by atomic mass is 10.1. The van der Waals surface area contributed by atoms with Crippen molar-refractivity contribution in [2.75, 3.05) is 26.0 Å². The Hall–Kier alpha value is -1.24. The van der Waals surface area contributed by atoms with Crippen molar-refractivity contribution in [3.8, 4) is 0 Å². The molecular formula is C14H20N2O4S. The molecule has 3 heterocycles. The molecule has 2 amide bonds. The zero-order chi connectivity index (χ0) is 15.2. The molecular weight excluding hydrogens is 292 g/mol. The Morgan fingerprint density at radius 2 is 2.19 bits per heavy atom. The van der Waals surface area contributed by atoms with Gasteiger partial charge in [0.25, 0.3) is 0 Å². The quantitative estimate of drug-likeness (QED) is 0.693. The van der Waals surface area contributed by atoms with Crippen molar-refractivity contribution in [1.82, 2.24) is 9.80 Å². The van der Waals surface area contributed by atoms with Crippen LogP contribution in [-0.4, -0.2) is 64.4 Å². The number of esters is 1. The molecule has 3 atom stereocenters. The molecule has 7 heteroatoms. The van der Waals surface area contributed by atoms with Gasteiger partial charge in [0.1, 0.15) is 6.04 Å². The second kappa shape index (κ2) is 5.19. The van der Waals surface area contributed by atoms with Crippen LogP contribution in [0.2, 0.25) is 0 Å². The van der Waals surface area contributed by atoms with Gasteiger partial charge in [-0.15, -0.1) is 11.8 Å². The van der Waals surface area contributed by atoms with E-state index in [1.807, 2.05) is 6.92 Å². The molecule has 3 rings (SSSR count). The van der Waals surface area contributed by atoms with Gasteiger partial charge in [-0.2, -0.15) is 0 Å². The largest absolute Gasteiger partial charge is 0.469 e. The number of hydrogen-bond acceptors (Lipinski definition) is 5. The summed E-state index contributed by atoms with van der Waals surface area (Å²) in [5.41, 5.74) is 0. The van der Waals surface area contributed by atoms with Gasteiger partial charge in [0.05, 0.1) is 17.9 Å². The SMILES string of the molecule is COC(=O)C1CCN(C(=O)C2CSC3(C)CCC(=O)N23)C1. The summed E-state index contributed by atoms with van der Waals surface area (Å²) in [7, 11) is 1.37. The van der Waals surface area contributed by atoms with E-state index in [9.17, 15) is 14.4 Å². The normalized spacial score (nSPS) is 35.2. The Labute approximate surface area is 128 Å². The van der Waals surface area contributed by atoms with E-state index in [0.717, 1.165) is 6.42 Å². The first-order valence-corrected chi connectivity index (χ1v) is 8.27. The zero-order valence-corrected chi connectivity index (χ0v) is 13.1. The van der Waals surface area contributed by atoms with Crippen molar-refractivity contribution in [3.05, 3.63) is 0 Å². The molecule has 0 bridgehead atoms. The first-order valence-electron chi connectivity index (χ1n) is 7.29. The number of ether oxygens (including phenoxy) is 1. The molecule has 21 heavy (non-hydrogen) atoms. The molecule has 0 N–H and O–H groups in total. The van der Waals surface area contributed by atoms with Crippen molar-refractivity contribution in [1.29, 1.82) is 0 Å². The van der Waals surface area contributed by atoms with E-state index in [0.29, 0.717) is 31.7 Å². The Bertz CT molecular complexity index is 497. The number of likely N-dealkylation sites (tertiary alicyclic amines) is 1. The Kier molecular flexibility index (Phi) is 3.63. The van der Waals surface area contributed by atoms with Crippen molar-refractivity contribution in [2.45, 2.75) is 37.1 Å². The van der Waals surface area contributed by atoms with Gasteiger partial charge in [0.15, 0.2) is 0 Å². The first kappa shape index (κ1) is 14.7. The summed E-state index contributed by atoms with van der Waals surface area (Å²) < 4.78 is 4.74. The summed E-state index contributed by atoms with van der Waals surface area (Å²) in [4.78, 5) is 39.6. The van der Waals surface area contributed by atoms with E-state index in [4.69, 9.17) is 4.74 Å². The molecule has 0 aliphatic carbocycles. The van der Waals surface area contributed by atoms with Gasteiger partial charge in [-0.25, -0.2) is 0 Å². The average Bonchev–Trinajstić information content (AvgIpc) is 3.14. The summed E-state index contributed by atoms with van der Waals surface area (Å²) >= 11 is 1.69. The molecule has 0 aromatic rings. The minimum absolute atomic E-state index is 0.0205. The molecule has 0 aromatic carbocycles. The van der Waals surface area contributed by atoms with E-state index in [-0.39, 0.29) is 34.6 Å². The van der Waals surface area contributed by atoms with Crippen LogP contribution in [0, 0.1) is 5.92 Å². The molecule has 3 aliphatic rings. The van der Waals surface area contributed by atoms with Crippen molar-refractivity contribution in [3.63, 3.8) is 0 Å². The van der Waals surface area contributed by atoms with E-state index < -0.39 is 0 Å². The smallest absolute Gasteiger partial charge is 0.310 e. The van der Waals surface area contributed by atoms with Crippen LogP contribution in [0.1, 0.15) is 26.2 Å². The number of carbonyl (C=O) groups excluding carboxylic acids is 3. The molecule has 3 fully saturated rings. The Morgan fingerprint density at radius 1 is 1.43 bits per heavy atom. The van der Waals surface area contributed by atoms with Gasteiger partial charge in [-0.3, -0.25) is 14.4 Å². The minimum Gasteiger partial charge on any atom is -0.469 e. The standard InChI is InChI=1S/C14H20N2O4S/c1-14-5-3-11(17)16(14)10(8-21-14)12(18)15-6-4-9(7-15)13(19)20-2/h9-10H,3-8H2,1-2H3. The third-order valence-corrected chi connectivity index (χ3v) is 6.27. The molecule has 0 spiro atoms. The van der Waals surface area contributed by atoms with Crippen LogP contribution < -0.4 is 0 Å². The first-order chi connectivity index (χ1) is 9.96. The van der Waals surface area contributed by atoms with Gasteiger partial charge in [0.2, 0.25) is 11.8 Å². The maximum Gasteiger partial charge on any atom is 0.310 e. The van der Waals surface area contributed by atoms with Crippen LogP contribution in [0.25, 0.3) is 0 Å². The van der Waals surface area contributed by atoms with Crippen LogP contribution in [0.5, 0.6) is 0 Å². The molecule has 3 unspecified atom stereocenters. The fraction of sp³-hybridized carbons (Fsp3) is 0.786. The molecule has 0 saturated carbocycles. The van der Waals surface area contributed by atoms with Crippen LogP contribution in [-0.2, 0) is 19.1 Å². The van der Waals surface area contributed by atoms with E-state index in [1.165, 1.54) is 7.11 Å². The van der Waals surface area contributed by atoms with Crippen molar-refractivity contribution in [2.24, 2.45) is 5.92 Å². The van der Waals surface area contributed by atoms with Crippen molar-refractivity contribution >= 4 is 29.5 Å². The highest BCUT2D eigenvalue weighted by molar-refractivity contribution is 8.01. The Balaban J connectivity index is 1.69. The molecule has 0 radical (unpaired) electrons. The van der Waals surface area contributed by atoms with E-state index >= 15 is 0 Å². The Morgan fingerprint density at radius 3 is 2.90 bits per heavy atom. The number of thioether (sulfide) groups is 1. The number of nitrogens with zero attached hydrogens (tertiary/aromatic N) is 2. The highest BCUT2D eigenvalue weighted by Crippen LogP contribution is 2.47. The highest BCUT2D eigenvalue weighted by atomic mass is 32.2. The van der Waals surface area contributed by atoms with Crippen molar-refractivity contribution < 1.29 is 19.1 Å². The third kappa shape index (κ3) is 2.31. The third-order valence-electron chi connectivity index (χ3n) is 4.76. The molecule has 0 aromatic heterocycles. The predicted octanol–water partition coefficient (Wildman–Crippen LogP) is 0.462. The fourth-order valence-corrected chi connectivity index (χ4v) is 4.96. The van der Waals surface area contributed by atoms with Gasteiger partial charge in [-0.1, -0.05) is 0 Å². The topological polar surface area (TPSA) is 66.9 Å². The fourth-order valence-electron chi connectivity index (χ4n) is 3.53. The lowest BCUT2D eigenvalue weighted by molar-refractivity contribution is -0.146. The summed E-state index contributed by atoms with van der Waals surface area (Å²) in [5.74, 6) is 0.222. The number of methoxy groups -OCH3 is 1. The molecule has 6 nitrogen and oxygen atoms in total. The summed E-state index contributed by atoms with van der Waals surface area (Å²) in [6.45, 7) is 3.01. The average molecular weight is 312 g/mol. The minimum atomic E-state index is -0.369. The number of carbonyl (C=O) groups is 3. The summed E-state index contributed by atoms with van der Waals surface area (Å²) in [6.07, 6.45) is 1.98. The van der Waals surface area contributed by atoms with Crippen LogP contribution in [0.4, 0.5) is 0 Å². The van der Waals surface area contributed by atoms with Gasteiger partial charge in [-0.05, 0) is 19.8 Å².